The fraction of sp³-hybridized carbons (Fsp3) is 1.00. The van der Waals surface area contributed by atoms with E-state index in [0.29, 0.717) is 25.6 Å². The van der Waals surface area contributed by atoms with E-state index in [4.69, 9.17) is 9.47 Å². The van der Waals surface area contributed by atoms with Crippen LogP contribution in [0.25, 0.3) is 0 Å². The van der Waals surface area contributed by atoms with E-state index in [1.165, 1.54) is 0 Å². The third-order valence-electron chi connectivity index (χ3n) is 4.18. The zero-order valence-corrected chi connectivity index (χ0v) is 12.6. The van der Waals surface area contributed by atoms with Crippen molar-refractivity contribution in [2.75, 3.05) is 32.1 Å². The molecule has 0 radical (unpaired) electrons. The Bertz CT molecular complexity index is 378. The maximum absolute atomic E-state index is 12.5. The molecule has 2 heterocycles. The number of nitrogens with one attached hydrogen (secondary N) is 1. The van der Waals surface area contributed by atoms with Crippen molar-refractivity contribution in [3.63, 3.8) is 0 Å². The summed E-state index contributed by atoms with van der Waals surface area (Å²) in [5.74, 6) is 0.514. The van der Waals surface area contributed by atoms with Crippen molar-refractivity contribution in [2.45, 2.75) is 44.1 Å². The highest BCUT2D eigenvalue weighted by Crippen LogP contribution is 2.25. The molecule has 0 spiro atoms. The Morgan fingerprint density at radius 3 is 2.63 bits per heavy atom. The van der Waals surface area contributed by atoms with Gasteiger partial charge in [-0.2, -0.15) is 0 Å². The van der Waals surface area contributed by atoms with Gasteiger partial charge in [0.25, 0.3) is 0 Å². The van der Waals surface area contributed by atoms with Crippen LogP contribution < -0.4 is 5.32 Å². The summed E-state index contributed by atoms with van der Waals surface area (Å²) in [6.07, 6.45) is 1.40. The van der Waals surface area contributed by atoms with Gasteiger partial charge in [-0.15, -0.1) is 0 Å². The van der Waals surface area contributed by atoms with Gasteiger partial charge in [0.1, 0.15) is 0 Å². The monoisotopic (exact) mass is 291 g/mol. The zero-order valence-electron chi connectivity index (χ0n) is 11.8. The summed E-state index contributed by atoms with van der Waals surface area (Å²) in [5, 5.41) is 2.98. The van der Waals surface area contributed by atoms with Gasteiger partial charge in [0.15, 0.2) is 9.84 Å². The van der Waals surface area contributed by atoms with E-state index in [1.807, 2.05) is 13.8 Å². The van der Waals surface area contributed by atoms with Crippen LogP contribution in [0.2, 0.25) is 0 Å². The molecular weight excluding hydrogens is 266 g/mol. The lowest BCUT2D eigenvalue weighted by Gasteiger charge is -2.25. The molecule has 0 aromatic carbocycles. The van der Waals surface area contributed by atoms with E-state index in [0.717, 1.165) is 19.6 Å². The van der Waals surface area contributed by atoms with Gasteiger partial charge in [0, 0.05) is 25.2 Å². The van der Waals surface area contributed by atoms with Crippen LogP contribution in [0.5, 0.6) is 0 Å². The largest absolute Gasteiger partial charge is 0.381 e. The van der Waals surface area contributed by atoms with Gasteiger partial charge < -0.3 is 14.8 Å². The highest BCUT2D eigenvalue weighted by atomic mass is 32.2. The van der Waals surface area contributed by atoms with Crippen LogP contribution in [-0.4, -0.2) is 57.9 Å². The number of hydrogen-bond acceptors (Lipinski definition) is 5. The minimum atomic E-state index is -3.11. The number of rotatable bonds is 6. The molecule has 0 saturated carbocycles. The number of sulfone groups is 1. The number of ether oxygens (including phenoxy) is 2. The second-order valence-corrected chi connectivity index (χ2v) is 7.78. The van der Waals surface area contributed by atoms with Crippen LogP contribution in [0.4, 0.5) is 0 Å². The van der Waals surface area contributed by atoms with E-state index < -0.39 is 9.84 Å². The number of hydrogen-bond donors (Lipinski definition) is 1. The summed E-state index contributed by atoms with van der Waals surface area (Å²) in [7, 11) is -3.11. The normalized spacial score (nSPS) is 33.7. The first-order valence-corrected chi connectivity index (χ1v) is 8.90. The van der Waals surface area contributed by atoms with Gasteiger partial charge in [0.05, 0.1) is 23.7 Å². The molecule has 19 heavy (non-hydrogen) atoms. The van der Waals surface area contributed by atoms with Crippen molar-refractivity contribution in [3.05, 3.63) is 0 Å². The van der Waals surface area contributed by atoms with E-state index >= 15 is 0 Å². The standard InChI is InChI=1S/C13H25NO4S/c1-3-14-12(11-4-6-17-8-11)9-19(15,16)13-5-7-18-10(13)2/h10-14H,3-9H2,1-2H3. The Labute approximate surface area is 116 Å². The molecule has 2 rings (SSSR count). The molecule has 0 aliphatic carbocycles. The van der Waals surface area contributed by atoms with Crippen molar-refractivity contribution in [2.24, 2.45) is 5.92 Å². The Morgan fingerprint density at radius 1 is 1.32 bits per heavy atom. The van der Waals surface area contributed by atoms with Crippen LogP contribution in [0.15, 0.2) is 0 Å². The van der Waals surface area contributed by atoms with Gasteiger partial charge in [0.2, 0.25) is 0 Å². The van der Waals surface area contributed by atoms with Crippen molar-refractivity contribution in [3.8, 4) is 0 Å². The first-order valence-electron chi connectivity index (χ1n) is 7.19. The van der Waals surface area contributed by atoms with Crippen LogP contribution in [0.1, 0.15) is 26.7 Å². The van der Waals surface area contributed by atoms with Crippen molar-refractivity contribution in [1.82, 2.24) is 5.32 Å². The molecule has 2 aliphatic heterocycles. The van der Waals surface area contributed by atoms with E-state index in [1.54, 1.807) is 0 Å². The predicted molar refractivity (Wildman–Crippen MR) is 74.0 cm³/mol. The Balaban J connectivity index is 2.02. The maximum Gasteiger partial charge on any atom is 0.157 e. The molecular formula is C13H25NO4S. The highest BCUT2D eigenvalue weighted by molar-refractivity contribution is 7.92. The Morgan fingerprint density at radius 2 is 2.11 bits per heavy atom. The quantitative estimate of drug-likeness (QED) is 0.776. The lowest BCUT2D eigenvalue weighted by atomic mass is 10.0. The fourth-order valence-electron chi connectivity index (χ4n) is 3.05. The predicted octanol–water partition coefficient (Wildman–Crippen LogP) is 0.593. The van der Waals surface area contributed by atoms with Gasteiger partial charge in [-0.1, -0.05) is 6.92 Å². The lowest BCUT2D eigenvalue weighted by Crippen LogP contribution is -2.45. The summed E-state index contributed by atoms with van der Waals surface area (Å²) < 4.78 is 35.8. The highest BCUT2D eigenvalue weighted by Gasteiger charge is 2.38. The molecule has 2 fully saturated rings. The van der Waals surface area contributed by atoms with E-state index in [2.05, 4.69) is 5.32 Å². The first-order chi connectivity index (χ1) is 9.04. The molecule has 2 aliphatic rings. The molecule has 4 unspecified atom stereocenters. The molecule has 112 valence electrons. The van der Waals surface area contributed by atoms with Crippen LogP contribution >= 0.6 is 0 Å². The van der Waals surface area contributed by atoms with Gasteiger partial charge >= 0.3 is 0 Å². The van der Waals surface area contributed by atoms with E-state index in [9.17, 15) is 8.42 Å². The van der Waals surface area contributed by atoms with Crippen molar-refractivity contribution in [1.29, 1.82) is 0 Å². The van der Waals surface area contributed by atoms with Gasteiger partial charge in [-0.05, 0) is 26.3 Å². The summed E-state index contributed by atoms with van der Waals surface area (Å²) in [6, 6.07) is 0.00491. The van der Waals surface area contributed by atoms with Crippen LogP contribution in [-0.2, 0) is 19.3 Å². The zero-order chi connectivity index (χ0) is 13.9. The summed E-state index contributed by atoms with van der Waals surface area (Å²) in [5.41, 5.74) is 0. The van der Waals surface area contributed by atoms with Crippen molar-refractivity contribution < 1.29 is 17.9 Å². The van der Waals surface area contributed by atoms with Crippen LogP contribution in [0, 0.1) is 5.92 Å². The smallest absolute Gasteiger partial charge is 0.157 e. The Kier molecular flexibility index (Phi) is 5.22. The molecule has 1 N–H and O–H groups in total. The second kappa shape index (κ2) is 6.52. The third-order valence-corrected chi connectivity index (χ3v) is 6.55. The van der Waals surface area contributed by atoms with E-state index in [-0.39, 0.29) is 23.1 Å². The maximum atomic E-state index is 12.5. The summed E-state index contributed by atoms with van der Waals surface area (Å²) >= 11 is 0. The molecule has 0 aromatic rings. The molecule has 0 aromatic heterocycles. The first kappa shape index (κ1) is 15.2. The Hall–Kier alpha value is -0.170. The third kappa shape index (κ3) is 3.68. The minimum Gasteiger partial charge on any atom is -0.381 e. The second-order valence-electron chi connectivity index (χ2n) is 5.52. The minimum absolute atomic E-state index is 0.00491. The van der Waals surface area contributed by atoms with Crippen molar-refractivity contribution >= 4 is 9.84 Å². The average molecular weight is 291 g/mol. The fourth-order valence-corrected chi connectivity index (χ4v) is 5.31. The summed E-state index contributed by atoms with van der Waals surface area (Å²) in [4.78, 5) is 0. The molecule has 0 amide bonds. The molecule has 0 bridgehead atoms. The van der Waals surface area contributed by atoms with Gasteiger partial charge in [-0.3, -0.25) is 0 Å². The lowest BCUT2D eigenvalue weighted by molar-refractivity contribution is 0.126. The molecule has 4 atom stereocenters. The average Bonchev–Trinajstić information content (AvgIpc) is 2.98. The topological polar surface area (TPSA) is 64.6 Å². The molecule has 2 saturated heterocycles. The SMILES string of the molecule is CCNC(CS(=O)(=O)C1CCOC1C)C1CCOC1. The summed E-state index contributed by atoms with van der Waals surface area (Å²) in [6.45, 7) is 6.63. The molecule has 5 nitrogen and oxygen atoms in total. The van der Waals surface area contributed by atoms with Gasteiger partial charge in [-0.25, -0.2) is 8.42 Å². The molecule has 6 heteroatoms. The van der Waals surface area contributed by atoms with Crippen LogP contribution in [0.3, 0.4) is 0 Å².